The second-order valence-corrected chi connectivity index (χ2v) is 2.41. The van der Waals surface area contributed by atoms with Crippen molar-refractivity contribution in [3.05, 3.63) is 0 Å². The quantitative estimate of drug-likeness (QED) is 0.289. The molecule has 68 valence electrons. The Morgan fingerprint density at radius 2 is 2.08 bits per heavy atom. The monoisotopic (exact) mass is 176 g/mol. The highest BCUT2D eigenvalue weighted by atomic mass is 16.4. The Hall–Kier alpha value is -1.18. The molecule has 0 aromatic carbocycles. The van der Waals surface area contributed by atoms with Crippen molar-refractivity contribution < 1.29 is 24.9 Å². The van der Waals surface area contributed by atoms with Crippen molar-refractivity contribution in [2.45, 2.75) is 11.8 Å². The van der Waals surface area contributed by atoms with Gasteiger partial charge in [0, 0.05) is 0 Å². The Balaban J connectivity index is 2.87. The van der Waals surface area contributed by atoms with Crippen LogP contribution in [0.15, 0.2) is 0 Å². The van der Waals surface area contributed by atoms with Crippen molar-refractivity contribution in [1.82, 2.24) is 10.6 Å². The van der Waals surface area contributed by atoms with Gasteiger partial charge in [0.2, 0.25) is 5.60 Å². The fraction of sp³-hybridized carbons (Fsp3) is 0.600. The molecule has 7 heteroatoms. The van der Waals surface area contributed by atoms with Gasteiger partial charge >= 0.3 is 6.03 Å². The number of urea groups is 1. The predicted molar refractivity (Wildman–Crippen MR) is 34.7 cm³/mol. The van der Waals surface area contributed by atoms with Crippen LogP contribution in [0.2, 0.25) is 0 Å². The predicted octanol–water partition coefficient (Wildman–Crippen LogP) is -3.13. The van der Waals surface area contributed by atoms with Crippen LogP contribution in [0.25, 0.3) is 0 Å². The van der Waals surface area contributed by atoms with Crippen molar-refractivity contribution in [3.63, 3.8) is 0 Å². The van der Waals surface area contributed by atoms with E-state index < -0.39 is 30.4 Å². The van der Waals surface area contributed by atoms with Gasteiger partial charge in [-0.1, -0.05) is 0 Å². The second kappa shape index (κ2) is 2.70. The summed E-state index contributed by atoms with van der Waals surface area (Å²) in [6.07, 6.45) is -1.79. The topological polar surface area (TPSA) is 119 Å². The van der Waals surface area contributed by atoms with Gasteiger partial charge in [-0.05, 0) is 0 Å². The SMILES string of the molecule is O=C1NC(=O)C(O)(CO)C(O)N1. The van der Waals surface area contributed by atoms with Crippen LogP contribution in [0.4, 0.5) is 4.79 Å². The lowest BCUT2D eigenvalue weighted by atomic mass is 10.0. The number of nitrogens with one attached hydrogen (secondary N) is 2. The summed E-state index contributed by atoms with van der Waals surface area (Å²) in [4.78, 5) is 21.3. The van der Waals surface area contributed by atoms with Crippen LogP contribution in [0.5, 0.6) is 0 Å². The highest BCUT2D eigenvalue weighted by Crippen LogP contribution is 2.11. The molecule has 7 nitrogen and oxygen atoms in total. The highest BCUT2D eigenvalue weighted by Gasteiger charge is 2.48. The van der Waals surface area contributed by atoms with E-state index in [0.717, 1.165) is 0 Å². The number of imide groups is 1. The molecule has 2 unspecified atom stereocenters. The van der Waals surface area contributed by atoms with Crippen molar-refractivity contribution in [2.75, 3.05) is 6.61 Å². The lowest BCUT2D eigenvalue weighted by Crippen LogP contribution is -2.70. The van der Waals surface area contributed by atoms with Gasteiger partial charge in [0.25, 0.3) is 5.91 Å². The molecule has 0 radical (unpaired) electrons. The van der Waals surface area contributed by atoms with Crippen LogP contribution in [0, 0.1) is 0 Å². The number of carbonyl (C=O) groups excluding carboxylic acids is 2. The zero-order chi connectivity index (χ0) is 9.35. The molecule has 1 heterocycles. The molecule has 0 aromatic rings. The molecule has 0 aromatic heterocycles. The van der Waals surface area contributed by atoms with Gasteiger partial charge in [0.1, 0.15) is 0 Å². The Morgan fingerprint density at radius 3 is 2.50 bits per heavy atom. The molecule has 0 saturated carbocycles. The summed E-state index contributed by atoms with van der Waals surface area (Å²) in [5, 5.41) is 30.2. The third-order valence-electron chi connectivity index (χ3n) is 1.58. The van der Waals surface area contributed by atoms with Gasteiger partial charge < -0.3 is 20.6 Å². The first-order valence-corrected chi connectivity index (χ1v) is 3.14. The molecule has 1 aliphatic heterocycles. The summed E-state index contributed by atoms with van der Waals surface area (Å²) in [5.74, 6) is -1.12. The molecular formula is C5H8N2O5. The molecule has 3 amide bonds. The molecule has 5 N–H and O–H groups in total. The molecule has 0 spiro atoms. The molecule has 12 heavy (non-hydrogen) atoms. The van der Waals surface area contributed by atoms with Gasteiger partial charge in [-0.25, -0.2) is 4.79 Å². The fourth-order valence-corrected chi connectivity index (χ4v) is 0.773. The van der Waals surface area contributed by atoms with Crippen LogP contribution >= 0.6 is 0 Å². The molecule has 0 aliphatic carbocycles. The molecule has 1 rings (SSSR count). The second-order valence-electron chi connectivity index (χ2n) is 2.41. The summed E-state index contributed by atoms with van der Waals surface area (Å²) in [6.45, 7) is -0.972. The smallest absolute Gasteiger partial charge is 0.323 e. The average Bonchev–Trinajstić information content (AvgIpc) is 2.00. The Labute approximate surface area is 67.0 Å². The highest BCUT2D eigenvalue weighted by molar-refractivity contribution is 6.01. The summed E-state index contributed by atoms with van der Waals surface area (Å²) in [6, 6.07) is -0.911. The third-order valence-corrected chi connectivity index (χ3v) is 1.58. The average molecular weight is 176 g/mol. The molecular weight excluding hydrogens is 168 g/mol. The number of aliphatic hydroxyl groups excluding tert-OH is 2. The number of hydrogen-bond acceptors (Lipinski definition) is 5. The van der Waals surface area contributed by atoms with Crippen molar-refractivity contribution >= 4 is 11.9 Å². The molecule has 2 atom stereocenters. The summed E-state index contributed by atoms with van der Waals surface area (Å²) >= 11 is 0. The van der Waals surface area contributed by atoms with Gasteiger partial charge in [0.05, 0.1) is 6.61 Å². The van der Waals surface area contributed by atoms with E-state index in [1.165, 1.54) is 0 Å². The number of aliphatic hydroxyl groups is 3. The fourth-order valence-electron chi connectivity index (χ4n) is 0.773. The van der Waals surface area contributed by atoms with E-state index in [2.05, 4.69) is 0 Å². The minimum atomic E-state index is -2.35. The first-order valence-electron chi connectivity index (χ1n) is 3.14. The zero-order valence-electron chi connectivity index (χ0n) is 5.94. The minimum Gasteiger partial charge on any atom is -0.393 e. The van der Waals surface area contributed by atoms with Gasteiger partial charge in [-0.3, -0.25) is 10.1 Å². The summed E-state index contributed by atoms with van der Waals surface area (Å²) < 4.78 is 0. The van der Waals surface area contributed by atoms with Gasteiger partial charge in [-0.2, -0.15) is 0 Å². The largest absolute Gasteiger partial charge is 0.393 e. The van der Waals surface area contributed by atoms with Crippen LogP contribution in [-0.2, 0) is 4.79 Å². The molecule has 1 saturated heterocycles. The maximum Gasteiger partial charge on any atom is 0.323 e. The minimum absolute atomic E-state index is 0.911. The van der Waals surface area contributed by atoms with E-state index >= 15 is 0 Å². The third kappa shape index (κ3) is 1.13. The van der Waals surface area contributed by atoms with Crippen LogP contribution in [0.3, 0.4) is 0 Å². The van der Waals surface area contributed by atoms with E-state index in [0.29, 0.717) is 0 Å². The van der Waals surface area contributed by atoms with Crippen LogP contribution in [-0.4, -0.2) is 45.7 Å². The van der Waals surface area contributed by atoms with Crippen LogP contribution < -0.4 is 10.6 Å². The maximum absolute atomic E-state index is 10.8. The first-order chi connectivity index (χ1) is 5.50. The lowest BCUT2D eigenvalue weighted by molar-refractivity contribution is -0.164. The summed E-state index contributed by atoms with van der Waals surface area (Å²) in [7, 11) is 0. The van der Waals surface area contributed by atoms with Gasteiger partial charge in [-0.15, -0.1) is 0 Å². The normalized spacial score (nSPS) is 35.8. The lowest BCUT2D eigenvalue weighted by Gasteiger charge is -2.33. The molecule has 1 fully saturated rings. The maximum atomic E-state index is 10.8. The standard InChI is InChI=1S/C5H8N2O5/c8-1-5(12)2(9)6-4(11)7-3(5)10/h2,8-9,12H,1H2,(H2,6,7,10,11). The van der Waals surface area contributed by atoms with E-state index in [1.807, 2.05) is 5.32 Å². The number of rotatable bonds is 1. The van der Waals surface area contributed by atoms with E-state index in [1.54, 1.807) is 5.32 Å². The van der Waals surface area contributed by atoms with E-state index in [9.17, 15) is 14.7 Å². The van der Waals surface area contributed by atoms with Gasteiger partial charge in [0.15, 0.2) is 6.23 Å². The Morgan fingerprint density at radius 1 is 1.50 bits per heavy atom. The Bertz CT molecular complexity index is 230. The van der Waals surface area contributed by atoms with E-state index in [4.69, 9.17) is 10.2 Å². The number of carbonyl (C=O) groups is 2. The first kappa shape index (κ1) is 8.91. The van der Waals surface area contributed by atoms with Crippen molar-refractivity contribution in [2.24, 2.45) is 0 Å². The van der Waals surface area contributed by atoms with Crippen LogP contribution in [0.1, 0.15) is 0 Å². The Kier molecular flexibility index (Phi) is 2.01. The summed E-state index contributed by atoms with van der Waals surface area (Å²) in [5.41, 5.74) is -2.35. The number of amides is 3. The zero-order valence-corrected chi connectivity index (χ0v) is 5.94. The van der Waals surface area contributed by atoms with E-state index in [-0.39, 0.29) is 0 Å². The van der Waals surface area contributed by atoms with Crippen molar-refractivity contribution in [3.8, 4) is 0 Å². The van der Waals surface area contributed by atoms with Crippen molar-refractivity contribution in [1.29, 1.82) is 0 Å². The molecule has 1 aliphatic rings. The molecule has 0 bridgehead atoms. The number of hydrogen-bond donors (Lipinski definition) is 5.